The molecule has 1 unspecified atom stereocenters. The summed E-state index contributed by atoms with van der Waals surface area (Å²) in [5, 5.41) is 11.3. The number of aliphatic carboxylic acids is 1. The fraction of sp³-hybridized carbons (Fsp3) is 0.467. The minimum atomic E-state index is -0.971. The summed E-state index contributed by atoms with van der Waals surface area (Å²) in [6.45, 7) is 0.681. The summed E-state index contributed by atoms with van der Waals surface area (Å²) in [7, 11) is 1.50. The molecule has 0 bridgehead atoms. The van der Waals surface area contributed by atoms with E-state index >= 15 is 0 Å². The Labute approximate surface area is 134 Å². The second-order valence-corrected chi connectivity index (χ2v) is 5.41. The first-order valence-corrected chi connectivity index (χ1v) is 7.44. The molecule has 1 atom stereocenters. The molecule has 0 radical (unpaired) electrons. The molecule has 1 saturated heterocycles. The number of hydrogen-bond acceptors (Lipinski definition) is 4. The van der Waals surface area contributed by atoms with Crippen LogP contribution >= 0.6 is 0 Å². The Kier molecular flexibility index (Phi) is 5.51. The monoisotopic (exact) mass is 320 g/mol. The molecule has 1 fully saturated rings. The number of carboxylic acid groups (broad SMARTS) is 1. The van der Waals surface area contributed by atoms with Gasteiger partial charge in [-0.1, -0.05) is 0 Å². The fourth-order valence-electron chi connectivity index (χ4n) is 2.40. The van der Waals surface area contributed by atoms with E-state index in [1.165, 1.54) is 11.9 Å². The van der Waals surface area contributed by atoms with Gasteiger partial charge in [0.15, 0.2) is 0 Å². The largest absolute Gasteiger partial charge is 0.481 e. The summed E-state index contributed by atoms with van der Waals surface area (Å²) >= 11 is 0. The van der Waals surface area contributed by atoms with Crippen molar-refractivity contribution in [3.05, 3.63) is 24.5 Å². The summed E-state index contributed by atoms with van der Waals surface area (Å²) < 4.78 is 0. The molecular formula is C15H20N4O4. The van der Waals surface area contributed by atoms with E-state index in [-0.39, 0.29) is 18.9 Å². The maximum absolute atomic E-state index is 12.5. The number of anilines is 1. The minimum absolute atomic E-state index is 0.0917. The molecule has 124 valence electrons. The number of aromatic nitrogens is 1. The number of urea groups is 1. The lowest BCUT2D eigenvalue weighted by atomic mass is 10.0. The Hall–Kier alpha value is -2.64. The van der Waals surface area contributed by atoms with Crippen molar-refractivity contribution >= 4 is 23.6 Å². The summed E-state index contributed by atoms with van der Waals surface area (Å²) in [4.78, 5) is 42.0. The number of carbonyl (C=O) groups is 3. The van der Waals surface area contributed by atoms with Gasteiger partial charge in [0.1, 0.15) is 6.04 Å². The van der Waals surface area contributed by atoms with Crippen molar-refractivity contribution in [2.45, 2.75) is 25.3 Å². The summed E-state index contributed by atoms with van der Waals surface area (Å²) in [5.74, 6) is -1.15. The number of pyridine rings is 1. The van der Waals surface area contributed by atoms with E-state index in [1.54, 1.807) is 29.4 Å². The Morgan fingerprint density at radius 3 is 2.96 bits per heavy atom. The maximum Gasteiger partial charge on any atom is 0.317 e. The molecule has 8 nitrogen and oxygen atoms in total. The highest BCUT2D eigenvalue weighted by atomic mass is 16.4. The predicted octanol–water partition coefficient (Wildman–Crippen LogP) is 0.693. The van der Waals surface area contributed by atoms with Crippen LogP contribution in [0.25, 0.3) is 0 Å². The molecule has 1 aliphatic rings. The van der Waals surface area contributed by atoms with E-state index in [2.05, 4.69) is 10.3 Å². The zero-order chi connectivity index (χ0) is 16.8. The molecule has 0 saturated carbocycles. The van der Waals surface area contributed by atoms with Gasteiger partial charge in [-0.25, -0.2) is 4.79 Å². The Morgan fingerprint density at radius 1 is 1.52 bits per heavy atom. The van der Waals surface area contributed by atoms with E-state index in [0.717, 1.165) is 6.42 Å². The zero-order valence-electron chi connectivity index (χ0n) is 12.9. The standard InChI is InChI=1S/C15H20N4O4/c1-18(9-6-13(20)21)15(23)17-12-5-3-8-19(14(12)22)11-4-2-7-16-10-11/h2,4,7,10,12H,3,5-6,8-9H2,1H3,(H,17,23)(H,20,21). The van der Waals surface area contributed by atoms with Gasteiger partial charge in [0, 0.05) is 26.3 Å². The quantitative estimate of drug-likeness (QED) is 0.831. The van der Waals surface area contributed by atoms with E-state index in [1.807, 2.05) is 0 Å². The number of piperidine rings is 1. The molecule has 3 amide bonds. The number of carboxylic acids is 1. The van der Waals surface area contributed by atoms with Gasteiger partial charge in [0.05, 0.1) is 18.3 Å². The zero-order valence-corrected chi connectivity index (χ0v) is 12.9. The average Bonchev–Trinajstić information content (AvgIpc) is 2.55. The van der Waals surface area contributed by atoms with Gasteiger partial charge >= 0.3 is 12.0 Å². The van der Waals surface area contributed by atoms with E-state index in [0.29, 0.717) is 18.7 Å². The van der Waals surface area contributed by atoms with Gasteiger partial charge in [-0.2, -0.15) is 0 Å². The fourth-order valence-corrected chi connectivity index (χ4v) is 2.40. The summed E-state index contributed by atoms with van der Waals surface area (Å²) in [5.41, 5.74) is 0.704. The third-order valence-electron chi connectivity index (χ3n) is 3.70. The third kappa shape index (κ3) is 4.41. The number of nitrogens with one attached hydrogen (secondary N) is 1. The van der Waals surface area contributed by atoms with Gasteiger partial charge in [-0.05, 0) is 25.0 Å². The van der Waals surface area contributed by atoms with Gasteiger partial charge in [0.25, 0.3) is 0 Å². The van der Waals surface area contributed by atoms with Crippen LogP contribution in [0.4, 0.5) is 10.5 Å². The highest BCUT2D eigenvalue weighted by Crippen LogP contribution is 2.20. The Balaban J connectivity index is 1.96. The second kappa shape index (κ2) is 7.57. The first-order chi connectivity index (χ1) is 11.0. The van der Waals surface area contributed by atoms with E-state index in [9.17, 15) is 14.4 Å². The molecule has 0 spiro atoms. The normalized spacial score (nSPS) is 17.7. The lowest BCUT2D eigenvalue weighted by Gasteiger charge is -2.33. The van der Waals surface area contributed by atoms with Crippen molar-refractivity contribution in [3.63, 3.8) is 0 Å². The SMILES string of the molecule is CN(CCC(=O)O)C(=O)NC1CCCN(c2cccnc2)C1=O. The molecule has 0 aliphatic carbocycles. The van der Waals surface area contributed by atoms with Gasteiger partial charge in [-0.3, -0.25) is 14.6 Å². The van der Waals surface area contributed by atoms with Crippen molar-refractivity contribution < 1.29 is 19.5 Å². The summed E-state index contributed by atoms with van der Waals surface area (Å²) in [6.07, 6.45) is 4.44. The van der Waals surface area contributed by atoms with Gasteiger partial charge < -0.3 is 20.2 Å². The topological polar surface area (TPSA) is 103 Å². The number of hydrogen-bond donors (Lipinski definition) is 2. The molecule has 1 aromatic rings. The Bertz CT molecular complexity index is 578. The molecule has 2 heterocycles. The molecule has 2 N–H and O–H groups in total. The molecule has 2 rings (SSSR count). The van der Waals surface area contributed by atoms with Crippen LogP contribution in [0, 0.1) is 0 Å². The molecular weight excluding hydrogens is 300 g/mol. The smallest absolute Gasteiger partial charge is 0.317 e. The van der Waals surface area contributed by atoms with Crippen LogP contribution in [0.1, 0.15) is 19.3 Å². The first kappa shape index (κ1) is 16.7. The van der Waals surface area contributed by atoms with E-state index < -0.39 is 18.0 Å². The molecule has 1 aliphatic heterocycles. The molecule has 8 heteroatoms. The van der Waals surface area contributed by atoms with E-state index in [4.69, 9.17) is 5.11 Å². The minimum Gasteiger partial charge on any atom is -0.481 e. The van der Waals surface area contributed by atoms with Crippen molar-refractivity contribution in [2.75, 3.05) is 25.0 Å². The van der Waals surface area contributed by atoms with Gasteiger partial charge in [-0.15, -0.1) is 0 Å². The summed E-state index contributed by atoms with van der Waals surface area (Å²) in [6, 6.07) is 2.50. The number of amides is 3. The lowest BCUT2D eigenvalue weighted by Crippen LogP contribution is -2.54. The Morgan fingerprint density at radius 2 is 2.30 bits per heavy atom. The van der Waals surface area contributed by atoms with Gasteiger partial charge in [0.2, 0.25) is 5.91 Å². The molecule has 23 heavy (non-hydrogen) atoms. The van der Waals surface area contributed by atoms with Crippen LogP contribution in [-0.4, -0.2) is 59.1 Å². The number of rotatable bonds is 5. The second-order valence-electron chi connectivity index (χ2n) is 5.41. The van der Waals surface area contributed by atoms with Crippen LogP contribution < -0.4 is 10.2 Å². The number of nitrogens with zero attached hydrogens (tertiary/aromatic N) is 3. The predicted molar refractivity (Wildman–Crippen MR) is 83.0 cm³/mol. The highest BCUT2D eigenvalue weighted by Gasteiger charge is 2.31. The van der Waals surface area contributed by atoms with Crippen LogP contribution in [-0.2, 0) is 9.59 Å². The lowest BCUT2D eigenvalue weighted by molar-refractivity contribution is -0.137. The van der Waals surface area contributed by atoms with Crippen LogP contribution in [0.5, 0.6) is 0 Å². The maximum atomic E-state index is 12.5. The molecule has 0 aromatic carbocycles. The first-order valence-electron chi connectivity index (χ1n) is 7.44. The highest BCUT2D eigenvalue weighted by molar-refractivity contribution is 5.99. The third-order valence-corrected chi connectivity index (χ3v) is 3.70. The van der Waals surface area contributed by atoms with Crippen LogP contribution in [0.15, 0.2) is 24.5 Å². The van der Waals surface area contributed by atoms with Crippen molar-refractivity contribution in [1.82, 2.24) is 15.2 Å². The van der Waals surface area contributed by atoms with Crippen LogP contribution in [0.2, 0.25) is 0 Å². The van der Waals surface area contributed by atoms with Crippen molar-refractivity contribution in [1.29, 1.82) is 0 Å². The molecule has 1 aromatic heterocycles. The van der Waals surface area contributed by atoms with Crippen molar-refractivity contribution in [2.24, 2.45) is 0 Å². The average molecular weight is 320 g/mol. The van der Waals surface area contributed by atoms with Crippen LogP contribution in [0.3, 0.4) is 0 Å². The van der Waals surface area contributed by atoms with Crippen molar-refractivity contribution in [3.8, 4) is 0 Å². The number of carbonyl (C=O) groups excluding carboxylic acids is 2.